The summed E-state index contributed by atoms with van der Waals surface area (Å²) in [6.45, 7) is 4.05. The molecule has 0 bridgehead atoms. The van der Waals surface area contributed by atoms with Crippen molar-refractivity contribution in [3.8, 4) is 0 Å². The predicted octanol–water partition coefficient (Wildman–Crippen LogP) is 4.61. The zero-order valence-corrected chi connectivity index (χ0v) is 13.5. The zero-order chi connectivity index (χ0) is 15.0. The summed E-state index contributed by atoms with van der Waals surface area (Å²) in [5, 5.41) is 3.44. The number of benzene rings is 2. The van der Waals surface area contributed by atoms with Crippen molar-refractivity contribution in [3.05, 3.63) is 58.1 Å². The van der Waals surface area contributed by atoms with E-state index in [1.165, 1.54) is 16.0 Å². The molecule has 0 saturated carbocycles. The summed E-state index contributed by atoms with van der Waals surface area (Å²) >= 11 is 7.80. The van der Waals surface area contributed by atoms with Crippen LogP contribution in [0.2, 0.25) is 5.02 Å². The van der Waals surface area contributed by atoms with E-state index >= 15 is 0 Å². The molecule has 4 heteroatoms. The van der Waals surface area contributed by atoms with Gasteiger partial charge in [-0.05, 0) is 49.6 Å². The number of hydrogen-bond donors (Lipinski definition) is 1. The molecule has 2 aromatic carbocycles. The summed E-state index contributed by atoms with van der Waals surface area (Å²) < 4.78 is 0. The molecule has 1 unspecified atom stereocenters. The fraction of sp³-hybridized carbons (Fsp3) is 0.235. The zero-order valence-electron chi connectivity index (χ0n) is 11.9. The molecule has 0 aliphatic carbocycles. The number of nitrogens with one attached hydrogen (secondary N) is 1. The molecule has 1 aliphatic heterocycles. The first kappa shape index (κ1) is 14.5. The lowest BCUT2D eigenvalue weighted by Gasteiger charge is -2.11. The number of carbonyl (C=O) groups is 1. The molecule has 1 heterocycles. The van der Waals surface area contributed by atoms with Crippen molar-refractivity contribution in [2.75, 3.05) is 5.32 Å². The molecular formula is C17H16ClNOS. The maximum atomic E-state index is 12.4. The van der Waals surface area contributed by atoms with Crippen LogP contribution in [-0.2, 0) is 11.2 Å². The second kappa shape index (κ2) is 5.74. The standard InChI is InChI=1S/C17H16ClNOS/c1-10-4-6-14(13(18)7-10)19-17(20)16-9-12-5-3-11(2)8-15(12)21-16/h3-8,16H,9H2,1-2H3,(H,19,20). The van der Waals surface area contributed by atoms with Crippen LogP contribution in [0.3, 0.4) is 0 Å². The van der Waals surface area contributed by atoms with E-state index in [4.69, 9.17) is 11.6 Å². The van der Waals surface area contributed by atoms with Crippen molar-refractivity contribution >= 4 is 35.0 Å². The van der Waals surface area contributed by atoms with Gasteiger partial charge < -0.3 is 5.32 Å². The molecule has 1 amide bonds. The van der Waals surface area contributed by atoms with Crippen LogP contribution in [0, 0.1) is 13.8 Å². The molecule has 2 nitrogen and oxygen atoms in total. The first-order chi connectivity index (χ1) is 10.0. The fourth-order valence-electron chi connectivity index (χ4n) is 2.42. The van der Waals surface area contributed by atoms with Gasteiger partial charge in [-0.1, -0.05) is 35.4 Å². The topological polar surface area (TPSA) is 29.1 Å². The molecule has 108 valence electrons. The second-order valence-corrected chi connectivity index (χ2v) is 7.05. The summed E-state index contributed by atoms with van der Waals surface area (Å²) in [6.07, 6.45) is 0.773. The number of amides is 1. The van der Waals surface area contributed by atoms with Gasteiger partial charge in [0.15, 0.2) is 0 Å². The molecule has 1 aliphatic rings. The van der Waals surface area contributed by atoms with Crippen LogP contribution in [-0.4, -0.2) is 11.2 Å². The van der Waals surface area contributed by atoms with Gasteiger partial charge in [0.1, 0.15) is 0 Å². The molecule has 0 saturated heterocycles. The van der Waals surface area contributed by atoms with Crippen LogP contribution < -0.4 is 5.32 Å². The van der Waals surface area contributed by atoms with Gasteiger partial charge in [0.05, 0.1) is 16.0 Å². The lowest BCUT2D eigenvalue weighted by Crippen LogP contribution is -2.24. The fourth-order valence-corrected chi connectivity index (χ4v) is 3.99. The van der Waals surface area contributed by atoms with Crippen LogP contribution in [0.1, 0.15) is 16.7 Å². The Morgan fingerprint density at radius 2 is 1.90 bits per heavy atom. The number of carbonyl (C=O) groups excluding carboxylic acids is 1. The highest BCUT2D eigenvalue weighted by Gasteiger charge is 2.28. The summed E-state index contributed by atoms with van der Waals surface area (Å²) in [6, 6.07) is 12.0. The molecule has 0 radical (unpaired) electrons. The Kier molecular flexibility index (Phi) is 3.96. The number of aryl methyl sites for hydroxylation is 2. The number of anilines is 1. The Bertz CT molecular complexity index is 714. The maximum Gasteiger partial charge on any atom is 0.238 e. The van der Waals surface area contributed by atoms with Crippen molar-refractivity contribution in [2.45, 2.75) is 30.4 Å². The molecule has 0 aromatic heterocycles. The molecular weight excluding hydrogens is 302 g/mol. The molecule has 1 atom stereocenters. The third kappa shape index (κ3) is 3.09. The van der Waals surface area contributed by atoms with Gasteiger partial charge in [0, 0.05) is 4.90 Å². The van der Waals surface area contributed by atoms with Crippen molar-refractivity contribution in [2.24, 2.45) is 0 Å². The van der Waals surface area contributed by atoms with Crippen LogP contribution in [0.15, 0.2) is 41.3 Å². The smallest absolute Gasteiger partial charge is 0.238 e. The van der Waals surface area contributed by atoms with E-state index in [9.17, 15) is 4.79 Å². The minimum Gasteiger partial charge on any atom is -0.324 e. The lowest BCUT2D eigenvalue weighted by molar-refractivity contribution is -0.115. The third-order valence-electron chi connectivity index (χ3n) is 3.57. The number of fused-ring (bicyclic) bond motifs is 1. The lowest BCUT2D eigenvalue weighted by atomic mass is 10.1. The average molecular weight is 318 g/mol. The van der Waals surface area contributed by atoms with Crippen molar-refractivity contribution in [1.29, 1.82) is 0 Å². The molecule has 2 aromatic rings. The molecule has 3 rings (SSSR count). The Morgan fingerprint density at radius 1 is 1.19 bits per heavy atom. The highest BCUT2D eigenvalue weighted by molar-refractivity contribution is 8.01. The van der Waals surface area contributed by atoms with Crippen molar-refractivity contribution < 1.29 is 4.79 Å². The Labute approximate surface area is 133 Å². The van der Waals surface area contributed by atoms with Crippen LogP contribution >= 0.6 is 23.4 Å². The SMILES string of the molecule is Cc1ccc(NC(=O)C2Cc3ccc(C)cc3S2)c(Cl)c1. The number of hydrogen-bond acceptors (Lipinski definition) is 2. The number of thioether (sulfide) groups is 1. The molecule has 21 heavy (non-hydrogen) atoms. The van der Waals surface area contributed by atoms with Gasteiger partial charge >= 0.3 is 0 Å². The first-order valence-corrected chi connectivity index (χ1v) is 8.12. The van der Waals surface area contributed by atoms with E-state index in [-0.39, 0.29) is 11.2 Å². The summed E-state index contributed by atoms with van der Waals surface area (Å²) in [4.78, 5) is 13.6. The van der Waals surface area contributed by atoms with Gasteiger partial charge in [-0.2, -0.15) is 0 Å². The van der Waals surface area contributed by atoms with E-state index < -0.39 is 0 Å². The summed E-state index contributed by atoms with van der Waals surface area (Å²) in [7, 11) is 0. The van der Waals surface area contributed by atoms with Gasteiger partial charge in [-0.3, -0.25) is 4.79 Å². The largest absolute Gasteiger partial charge is 0.324 e. The van der Waals surface area contributed by atoms with E-state index in [1.54, 1.807) is 11.8 Å². The van der Waals surface area contributed by atoms with Crippen LogP contribution in [0.5, 0.6) is 0 Å². The highest BCUT2D eigenvalue weighted by atomic mass is 35.5. The molecule has 1 N–H and O–H groups in total. The first-order valence-electron chi connectivity index (χ1n) is 6.86. The van der Waals surface area contributed by atoms with Gasteiger partial charge in [0.2, 0.25) is 5.91 Å². The van der Waals surface area contributed by atoms with E-state index in [0.29, 0.717) is 10.7 Å². The normalized spacial score (nSPS) is 16.6. The second-order valence-electron chi connectivity index (χ2n) is 5.39. The van der Waals surface area contributed by atoms with E-state index in [0.717, 1.165) is 12.0 Å². The molecule has 0 spiro atoms. The van der Waals surface area contributed by atoms with Crippen molar-refractivity contribution in [3.63, 3.8) is 0 Å². The minimum absolute atomic E-state index is 0.0135. The number of rotatable bonds is 2. The third-order valence-corrected chi connectivity index (χ3v) is 5.18. The highest BCUT2D eigenvalue weighted by Crippen LogP contribution is 2.38. The Morgan fingerprint density at radius 3 is 2.67 bits per heavy atom. The van der Waals surface area contributed by atoms with Crippen LogP contribution in [0.4, 0.5) is 5.69 Å². The average Bonchev–Trinajstić information content (AvgIpc) is 2.85. The van der Waals surface area contributed by atoms with E-state index in [2.05, 4.69) is 30.4 Å². The minimum atomic E-state index is -0.0841. The Balaban J connectivity index is 1.73. The monoisotopic (exact) mass is 317 g/mol. The maximum absolute atomic E-state index is 12.4. The number of halogens is 1. The van der Waals surface area contributed by atoms with Gasteiger partial charge in [-0.15, -0.1) is 11.8 Å². The van der Waals surface area contributed by atoms with Gasteiger partial charge in [0.25, 0.3) is 0 Å². The van der Waals surface area contributed by atoms with E-state index in [1.807, 2.05) is 25.1 Å². The van der Waals surface area contributed by atoms with Crippen molar-refractivity contribution in [1.82, 2.24) is 0 Å². The summed E-state index contributed by atoms with van der Waals surface area (Å²) in [5.41, 5.74) is 4.24. The quantitative estimate of drug-likeness (QED) is 0.876. The summed E-state index contributed by atoms with van der Waals surface area (Å²) in [5.74, 6) is 0.0135. The predicted molar refractivity (Wildman–Crippen MR) is 89.3 cm³/mol. The Hall–Kier alpha value is -1.45. The molecule has 0 fully saturated rings. The van der Waals surface area contributed by atoms with Crippen LogP contribution in [0.25, 0.3) is 0 Å². The van der Waals surface area contributed by atoms with Gasteiger partial charge in [-0.25, -0.2) is 0 Å².